The van der Waals surface area contributed by atoms with Gasteiger partial charge in [-0.15, -0.1) is 0 Å². The maximum absolute atomic E-state index is 11.7. The van der Waals surface area contributed by atoms with Gasteiger partial charge in [-0.05, 0) is 32.1 Å². The first-order valence-corrected chi connectivity index (χ1v) is 7.63. The van der Waals surface area contributed by atoms with E-state index in [4.69, 9.17) is 4.74 Å². The largest absolute Gasteiger partial charge is 0.375 e. The summed E-state index contributed by atoms with van der Waals surface area (Å²) >= 11 is 0. The summed E-state index contributed by atoms with van der Waals surface area (Å²) in [5, 5.41) is 5.98. The van der Waals surface area contributed by atoms with E-state index in [2.05, 4.69) is 24.5 Å². The van der Waals surface area contributed by atoms with Crippen molar-refractivity contribution in [3.63, 3.8) is 0 Å². The molecule has 0 aromatic heterocycles. The lowest BCUT2D eigenvalue weighted by Crippen LogP contribution is -2.50. The van der Waals surface area contributed by atoms with Crippen LogP contribution in [0.1, 0.15) is 54.4 Å². The summed E-state index contributed by atoms with van der Waals surface area (Å²) in [4.78, 5) is 23.4. The quantitative estimate of drug-likeness (QED) is 0.685. The molecular formula is C16H32N2O3. The average molecular weight is 300 g/mol. The molecule has 1 unspecified atom stereocenters. The van der Waals surface area contributed by atoms with Gasteiger partial charge in [0.05, 0.1) is 0 Å². The van der Waals surface area contributed by atoms with Gasteiger partial charge in [0.25, 0.3) is 0 Å². The lowest BCUT2D eigenvalue weighted by atomic mass is 9.76. The summed E-state index contributed by atoms with van der Waals surface area (Å²) in [5.74, 6) is -0.0661. The van der Waals surface area contributed by atoms with Gasteiger partial charge in [-0.3, -0.25) is 9.59 Å². The SMILES string of the molecule is CCC(C)(CNC(=O)C(C)C)CC(C)(C)NC(=O)COC. The molecule has 0 heterocycles. The second-order valence-electron chi connectivity index (χ2n) is 7.08. The third kappa shape index (κ3) is 8.05. The Kier molecular flexibility index (Phi) is 7.93. The number of hydrogen-bond donors (Lipinski definition) is 2. The lowest BCUT2D eigenvalue weighted by molar-refractivity contribution is -0.127. The van der Waals surface area contributed by atoms with Crippen molar-refractivity contribution in [1.29, 1.82) is 0 Å². The molecule has 0 aromatic carbocycles. The predicted octanol–water partition coefficient (Wildman–Crippen LogP) is 2.11. The maximum atomic E-state index is 11.7. The number of hydrogen-bond acceptors (Lipinski definition) is 3. The van der Waals surface area contributed by atoms with Gasteiger partial charge in [0.2, 0.25) is 11.8 Å². The predicted molar refractivity (Wildman–Crippen MR) is 85.0 cm³/mol. The average Bonchev–Trinajstić information content (AvgIpc) is 2.34. The van der Waals surface area contributed by atoms with E-state index >= 15 is 0 Å². The number of ether oxygens (including phenoxy) is 1. The lowest BCUT2D eigenvalue weighted by Gasteiger charge is -2.38. The molecule has 5 nitrogen and oxygen atoms in total. The van der Waals surface area contributed by atoms with Crippen molar-refractivity contribution >= 4 is 11.8 Å². The van der Waals surface area contributed by atoms with Crippen LogP contribution in [0.4, 0.5) is 0 Å². The summed E-state index contributed by atoms with van der Waals surface area (Å²) in [6.45, 7) is 12.7. The van der Waals surface area contributed by atoms with Crippen LogP contribution in [0.15, 0.2) is 0 Å². The molecule has 0 rings (SSSR count). The first kappa shape index (κ1) is 19.9. The van der Waals surface area contributed by atoms with Gasteiger partial charge in [-0.2, -0.15) is 0 Å². The van der Waals surface area contributed by atoms with Crippen molar-refractivity contribution in [3.05, 3.63) is 0 Å². The molecule has 0 aliphatic carbocycles. The molecule has 2 amide bonds. The highest BCUT2D eigenvalue weighted by molar-refractivity contribution is 5.78. The standard InChI is InChI=1S/C16H32N2O3/c1-8-16(6,11-17-14(20)12(2)3)10-15(4,5)18-13(19)9-21-7/h12H,8-11H2,1-7H3,(H,17,20)(H,18,19). The van der Waals surface area contributed by atoms with Crippen LogP contribution in [0.2, 0.25) is 0 Å². The van der Waals surface area contributed by atoms with E-state index in [1.54, 1.807) is 0 Å². The minimum Gasteiger partial charge on any atom is -0.375 e. The third-order valence-electron chi connectivity index (χ3n) is 3.69. The Bertz CT molecular complexity index is 353. The van der Waals surface area contributed by atoms with Crippen molar-refractivity contribution < 1.29 is 14.3 Å². The zero-order valence-corrected chi connectivity index (χ0v) is 14.6. The molecule has 21 heavy (non-hydrogen) atoms. The molecule has 0 aromatic rings. The van der Waals surface area contributed by atoms with Crippen molar-refractivity contribution in [2.45, 2.75) is 59.9 Å². The number of carbonyl (C=O) groups is 2. The fourth-order valence-corrected chi connectivity index (χ4v) is 2.47. The molecule has 0 aliphatic rings. The molecule has 5 heteroatoms. The van der Waals surface area contributed by atoms with Crippen molar-refractivity contribution in [2.75, 3.05) is 20.3 Å². The Balaban J connectivity index is 4.63. The fourth-order valence-electron chi connectivity index (χ4n) is 2.47. The summed E-state index contributed by atoms with van der Waals surface area (Å²) in [7, 11) is 1.50. The Hall–Kier alpha value is -1.10. The zero-order chi connectivity index (χ0) is 16.7. The van der Waals surface area contributed by atoms with E-state index in [1.165, 1.54) is 7.11 Å². The number of nitrogens with one attached hydrogen (secondary N) is 2. The second-order valence-corrected chi connectivity index (χ2v) is 7.08. The second kappa shape index (κ2) is 8.37. The third-order valence-corrected chi connectivity index (χ3v) is 3.69. The highest BCUT2D eigenvalue weighted by atomic mass is 16.5. The van der Waals surface area contributed by atoms with Crippen LogP contribution >= 0.6 is 0 Å². The number of carbonyl (C=O) groups excluding carboxylic acids is 2. The first-order valence-electron chi connectivity index (χ1n) is 7.63. The van der Waals surface area contributed by atoms with Crippen LogP contribution in [-0.4, -0.2) is 37.6 Å². The van der Waals surface area contributed by atoms with Crippen molar-refractivity contribution in [1.82, 2.24) is 10.6 Å². The normalized spacial score (nSPS) is 14.7. The molecule has 0 saturated heterocycles. The first-order chi connectivity index (χ1) is 9.55. The summed E-state index contributed by atoms with van der Waals surface area (Å²) in [6.07, 6.45) is 1.71. The van der Waals surface area contributed by atoms with Gasteiger partial charge < -0.3 is 15.4 Å². The molecule has 124 valence electrons. The molecule has 0 bridgehead atoms. The molecule has 0 fully saturated rings. The Morgan fingerprint density at radius 2 is 1.76 bits per heavy atom. The Labute approximate surface area is 129 Å². The Morgan fingerprint density at radius 1 is 1.19 bits per heavy atom. The molecule has 1 atom stereocenters. The van der Waals surface area contributed by atoms with Crippen LogP contribution in [0.5, 0.6) is 0 Å². The molecule has 0 radical (unpaired) electrons. The monoisotopic (exact) mass is 300 g/mol. The van der Waals surface area contributed by atoms with E-state index < -0.39 is 0 Å². The topological polar surface area (TPSA) is 67.4 Å². The smallest absolute Gasteiger partial charge is 0.246 e. The van der Waals surface area contributed by atoms with Gasteiger partial charge >= 0.3 is 0 Å². The van der Waals surface area contributed by atoms with Crippen molar-refractivity contribution in [3.8, 4) is 0 Å². The molecule has 0 spiro atoms. The van der Waals surface area contributed by atoms with Gasteiger partial charge in [0, 0.05) is 25.1 Å². The van der Waals surface area contributed by atoms with E-state index in [0.29, 0.717) is 6.54 Å². The number of rotatable bonds is 9. The summed E-state index contributed by atoms with van der Waals surface area (Å²) in [6, 6.07) is 0. The number of amides is 2. The number of methoxy groups -OCH3 is 1. The fraction of sp³-hybridized carbons (Fsp3) is 0.875. The van der Waals surface area contributed by atoms with E-state index in [0.717, 1.165) is 12.8 Å². The zero-order valence-electron chi connectivity index (χ0n) is 14.6. The van der Waals surface area contributed by atoms with Gasteiger partial charge in [0.15, 0.2) is 0 Å². The minimum absolute atomic E-state index is 0.0134. The Morgan fingerprint density at radius 3 is 2.19 bits per heavy atom. The van der Waals surface area contributed by atoms with Crippen molar-refractivity contribution in [2.24, 2.45) is 11.3 Å². The van der Waals surface area contributed by atoms with Crippen LogP contribution in [-0.2, 0) is 14.3 Å². The van der Waals surface area contributed by atoms with Gasteiger partial charge in [-0.25, -0.2) is 0 Å². The van der Waals surface area contributed by atoms with Gasteiger partial charge in [-0.1, -0.05) is 27.7 Å². The van der Waals surface area contributed by atoms with E-state index in [9.17, 15) is 9.59 Å². The van der Waals surface area contributed by atoms with E-state index in [1.807, 2.05) is 27.7 Å². The summed E-state index contributed by atoms with van der Waals surface area (Å²) < 4.78 is 4.84. The van der Waals surface area contributed by atoms with Crippen LogP contribution < -0.4 is 10.6 Å². The highest BCUT2D eigenvalue weighted by Gasteiger charge is 2.32. The highest BCUT2D eigenvalue weighted by Crippen LogP contribution is 2.31. The van der Waals surface area contributed by atoms with Gasteiger partial charge in [0.1, 0.15) is 6.61 Å². The van der Waals surface area contributed by atoms with E-state index in [-0.39, 0.29) is 35.3 Å². The van der Waals surface area contributed by atoms with Crippen LogP contribution in [0, 0.1) is 11.3 Å². The van der Waals surface area contributed by atoms with Crippen LogP contribution in [0.25, 0.3) is 0 Å². The summed E-state index contributed by atoms with van der Waals surface area (Å²) in [5.41, 5.74) is -0.405. The molecule has 0 saturated carbocycles. The molecule has 0 aliphatic heterocycles. The molecular weight excluding hydrogens is 268 g/mol. The molecule has 2 N–H and O–H groups in total. The maximum Gasteiger partial charge on any atom is 0.246 e. The van der Waals surface area contributed by atoms with Crippen LogP contribution in [0.3, 0.4) is 0 Å². The minimum atomic E-state index is -0.344.